The molecule has 9 heteroatoms. The quantitative estimate of drug-likeness (QED) is 0.714. The minimum absolute atomic E-state index is 0.00996. The number of carbonyl (C=O) groups excluding carboxylic acids is 2. The SMILES string of the molecule is COc1cccc(N2CCN(C(=O)CN(C)C(=O)c3cn(C)nc3OC)CC2)c1. The molecule has 9 nitrogen and oxygen atoms in total. The van der Waals surface area contributed by atoms with Gasteiger partial charge in [0.15, 0.2) is 0 Å². The van der Waals surface area contributed by atoms with Gasteiger partial charge in [-0.15, -0.1) is 5.10 Å². The van der Waals surface area contributed by atoms with Crippen LogP contribution in [-0.4, -0.2) is 85.4 Å². The smallest absolute Gasteiger partial charge is 0.261 e. The highest BCUT2D eigenvalue weighted by Crippen LogP contribution is 2.22. The maximum atomic E-state index is 12.7. The van der Waals surface area contributed by atoms with Crippen LogP contribution in [0.3, 0.4) is 0 Å². The first-order chi connectivity index (χ1) is 13.9. The second kappa shape index (κ2) is 8.85. The van der Waals surface area contributed by atoms with Gasteiger partial charge in [-0.05, 0) is 12.1 Å². The van der Waals surface area contributed by atoms with Crippen LogP contribution in [0.25, 0.3) is 0 Å². The highest BCUT2D eigenvalue weighted by atomic mass is 16.5. The molecular weight excluding hydrogens is 374 g/mol. The number of hydrogen-bond acceptors (Lipinski definition) is 6. The fraction of sp³-hybridized carbons (Fsp3) is 0.450. The van der Waals surface area contributed by atoms with E-state index < -0.39 is 0 Å². The third-order valence-corrected chi connectivity index (χ3v) is 4.99. The summed E-state index contributed by atoms with van der Waals surface area (Å²) in [5, 5.41) is 4.09. The average molecular weight is 401 g/mol. The van der Waals surface area contributed by atoms with Crippen LogP contribution in [0.4, 0.5) is 5.69 Å². The molecule has 1 aromatic heterocycles. The molecule has 0 unspecified atom stereocenters. The second-order valence-corrected chi connectivity index (χ2v) is 6.96. The summed E-state index contributed by atoms with van der Waals surface area (Å²) in [6.45, 7) is 2.68. The van der Waals surface area contributed by atoms with E-state index in [4.69, 9.17) is 9.47 Å². The van der Waals surface area contributed by atoms with Crippen molar-refractivity contribution in [2.45, 2.75) is 0 Å². The van der Waals surface area contributed by atoms with Gasteiger partial charge in [0, 0.05) is 58.2 Å². The molecule has 0 saturated carbocycles. The van der Waals surface area contributed by atoms with E-state index in [-0.39, 0.29) is 24.2 Å². The molecule has 0 atom stereocenters. The zero-order chi connectivity index (χ0) is 21.0. The minimum Gasteiger partial charge on any atom is -0.497 e. The molecular formula is C20H27N5O4. The Balaban J connectivity index is 1.55. The lowest BCUT2D eigenvalue weighted by Gasteiger charge is -2.36. The van der Waals surface area contributed by atoms with Gasteiger partial charge in [0.05, 0.1) is 20.8 Å². The average Bonchev–Trinajstić information content (AvgIpc) is 3.13. The lowest BCUT2D eigenvalue weighted by Crippen LogP contribution is -2.51. The first-order valence-electron chi connectivity index (χ1n) is 9.42. The number of hydrogen-bond donors (Lipinski definition) is 0. The zero-order valence-electron chi connectivity index (χ0n) is 17.3. The molecule has 1 fully saturated rings. The van der Waals surface area contributed by atoms with Crippen molar-refractivity contribution in [3.8, 4) is 11.6 Å². The number of aromatic nitrogens is 2. The number of aryl methyl sites for hydroxylation is 1. The Kier molecular flexibility index (Phi) is 6.26. The number of piperazine rings is 1. The van der Waals surface area contributed by atoms with Crippen molar-refractivity contribution >= 4 is 17.5 Å². The summed E-state index contributed by atoms with van der Waals surface area (Å²) in [6, 6.07) is 7.89. The molecule has 3 rings (SSSR count). The summed E-state index contributed by atoms with van der Waals surface area (Å²) in [5.41, 5.74) is 1.42. The maximum Gasteiger partial charge on any atom is 0.261 e. The topological polar surface area (TPSA) is 80.1 Å². The fourth-order valence-electron chi connectivity index (χ4n) is 3.37. The van der Waals surface area contributed by atoms with Gasteiger partial charge < -0.3 is 24.2 Å². The standard InChI is InChI=1S/C20H27N5O4/c1-22(20(27)17-13-23(2)21-19(17)29-4)14-18(26)25-10-8-24(9-11-25)15-6-5-7-16(12-15)28-3/h5-7,12-13H,8-11,14H2,1-4H3. The molecule has 156 valence electrons. The molecule has 2 aromatic rings. The predicted octanol–water partition coefficient (Wildman–Crippen LogP) is 0.858. The van der Waals surface area contributed by atoms with Crippen LogP contribution in [-0.2, 0) is 11.8 Å². The number of likely N-dealkylation sites (N-methyl/N-ethyl adjacent to an activating group) is 1. The van der Waals surface area contributed by atoms with E-state index in [1.54, 1.807) is 32.3 Å². The normalized spacial score (nSPS) is 13.9. The van der Waals surface area contributed by atoms with E-state index in [0.717, 1.165) is 24.5 Å². The summed E-state index contributed by atoms with van der Waals surface area (Å²) < 4.78 is 11.9. The van der Waals surface area contributed by atoms with Gasteiger partial charge in [0.2, 0.25) is 11.8 Å². The minimum atomic E-state index is -0.293. The number of amides is 2. The Morgan fingerprint density at radius 3 is 2.52 bits per heavy atom. The Morgan fingerprint density at radius 2 is 1.86 bits per heavy atom. The van der Waals surface area contributed by atoms with Crippen LogP contribution >= 0.6 is 0 Å². The molecule has 0 radical (unpaired) electrons. The molecule has 1 saturated heterocycles. The molecule has 0 bridgehead atoms. The van der Waals surface area contributed by atoms with Crippen LogP contribution in [0.5, 0.6) is 11.6 Å². The molecule has 0 spiro atoms. The predicted molar refractivity (Wildman–Crippen MR) is 109 cm³/mol. The molecule has 29 heavy (non-hydrogen) atoms. The molecule has 1 aliphatic heterocycles. The number of methoxy groups -OCH3 is 2. The molecule has 0 N–H and O–H groups in total. The van der Waals surface area contributed by atoms with Crippen LogP contribution in [0.15, 0.2) is 30.5 Å². The molecule has 1 aromatic carbocycles. The van der Waals surface area contributed by atoms with Crippen molar-refractivity contribution in [2.24, 2.45) is 7.05 Å². The summed E-state index contributed by atoms with van der Waals surface area (Å²) in [7, 11) is 6.44. The summed E-state index contributed by atoms with van der Waals surface area (Å²) in [6.07, 6.45) is 1.59. The van der Waals surface area contributed by atoms with Crippen molar-refractivity contribution in [1.82, 2.24) is 19.6 Å². The van der Waals surface area contributed by atoms with Gasteiger partial charge in [0.25, 0.3) is 5.91 Å². The van der Waals surface area contributed by atoms with Crippen LogP contribution in [0.2, 0.25) is 0 Å². The molecule has 1 aliphatic rings. The van der Waals surface area contributed by atoms with Gasteiger partial charge in [-0.1, -0.05) is 6.07 Å². The molecule has 2 amide bonds. The van der Waals surface area contributed by atoms with Crippen LogP contribution in [0.1, 0.15) is 10.4 Å². The van der Waals surface area contributed by atoms with Crippen molar-refractivity contribution in [3.05, 3.63) is 36.0 Å². The summed E-state index contributed by atoms with van der Waals surface area (Å²) in [4.78, 5) is 30.8. The lowest BCUT2D eigenvalue weighted by molar-refractivity contribution is -0.131. The number of anilines is 1. The molecule has 2 heterocycles. The van der Waals surface area contributed by atoms with Gasteiger partial charge in [0.1, 0.15) is 11.3 Å². The monoisotopic (exact) mass is 401 g/mol. The van der Waals surface area contributed by atoms with E-state index in [9.17, 15) is 9.59 Å². The summed E-state index contributed by atoms with van der Waals surface area (Å²) >= 11 is 0. The first-order valence-corrected chi connectivity index (χ1v) is 9.42. The highest BCUT2D eigenvalue weighted by Gasteiger charge is 2.26. The Hall–Kier alpha value is -3.23. The third-order valence-electron chi connectivity index (χ3n) is 4.99. The first kappa shape index (κ1) is 20.5. The number of benzene rings is 1. The number of rotatable bonds is 6. The lowest BCUT2D eigenvalue weighted by atomic mass is 10.2. The number of ether oxygens (including phenoxy) is 2. The van der Waals surface area contributed by atoms with E-state index in [2.05, 4.69) is 10.00 Å². The summed E-state index contributed by atoms with van der Waals surface area (Å²) in [5.74, 6) is 0.697. The van der Waals surface area contributed by atoms with Gasteiger partial charge >= 0.3 is 0 Å². The van der Waals surface area contributed by atoms with E-state index in [0.29, 0.717) is 18.7 Å². The Labute approximate surface area is 170 Å². The van der Waals surface area contributed by atoms with Crippen molar-refractivity contribution in [2.75, 3.05) is 58.9 Å². The van der Waals surface area contributed by atoms with Crippen LogP contribution < -0.4 is 14.4 Å². The van der Waals surface area contributed by atoms with Crippen LogP contribution in [0, 0.1) is 0 Å². The number of nitrogens with zero attached hydrogens (tertiary/aromatic N) is 5. The molecule has 0 aliphatic carbocycles. The van der Waals surface area contributed by atoms with Crippen molar-refractivity contribution in [1.29, 1.82) is 0 Å². The Bertz CT molecular complexity index is 874. The van der Waals surface area contributed by atoms with E-state index in [1.807, 2.05) is 24.3 Å². The highest BCUT2D eigenvalue weighted by molar-refractivity contribution is 5.98. The van der Waals surface area contributed by atoms with E-state index in [1.165, 1.54) is 16.7 Å². The van der Waals surface area contributed by atoms with E-state index >= 15 is 0 Å². The second-order valence-electron chi connectivity index (χ2n) is 6.96. The largest absolute Gasteiger partial charge is 0.497 e. The Morgan fingerprint density at radius 1 is 1.14 bits per heavy atom. The van der Waals surface area contributed by atoms with Gasteiger partial charge in [-0.3, -0.25) is 14.3 Å². The van der Waals surface area contributed by atoms with Gasteiger partial charge in [-0.2, -0.15) is 0 Å². The van der Waals surface area contributed by atoms with Gasteiger partial charge in [-0.25, -0.2) is 0 Å². The third kappa shape index (κ3) is 4.61. The van der Waals surface area contributed by atoms with Crippen molar-refractivity contribution < 1.29 is 19.1 Å². The van der Waals surface area contributed by atoms with Crippen molar-refractivity contribution in [3.63, 3.8) is 0 Å². The maximum absolute atomic E-state index is 12.7. The zero-order valence-corrected chi connectivity index (χ0v) is 17.3. The fourth-order valence-corrected chi connectivity index (χ4v) is 3.37. The number of carbonyl (C=O) groups is 2.